The molecule has 0 aliphatic rings. The van der Waals surface area contributed by atoms with Gasteiger partial charge in [-0.1, -0.05) is 31.2 Å². The minimum absolute atomic E-state index is 0.0194. The molecule has 0 aliphatic heterocycles. The maximum absolute atomic E-state index is 13.2. The first-order valence-corrected chi connectivity index (χ1v) is 8.35. The molecule has 3 aromatic rings. The van der Waals surface area contributed by atoms with Crippen molar-refractivity contribution in [3.63, 3.8) is 0 Å². The minimum atomic E-state index is -0.0211. The normalized spacial score (nSPS) is 12.5. The number of benzene rings is 2. The summed E-state index contributed by atoms with van der Waals surface area (Å²) in [7, 11) is 0. The quantitative estimate of drug-likeness (QED) is 0.797. The highest BCUT2D eigenvalue weighted by Gasteiger charge is 2.18. The van der Waals surface area contributed by atoms with Crippen molar-refractivity contribution in [3.05, 3.63) is 69.8 Å². The molecule has 1 atom stereocenters. The van der Waals surface area contributed by atoms with Crippen LogP contribution < -0.4 is 10.9 Å². The highest BCUT2D eigenvalue weighted by molar-refractivity contribution is 5.78. The van der Waals surface area contributed by atoms with Crippen LogP contribution in [0.25, 0.3) is 16.6 Å². The molecule has 1 unspecified atom stereocenters. The molecular weight excluding hydrogens is 298 g/mol. The van der Waals surface area contributed by atoms with Gasteiger partial charge in [-0.15, -0.1) is 0 Å². The molecule has 4 heteroatoms. The monoisotopic (exact) mass is 321 g/mol. The van der Waals surface area contributed by atoms with Gasteiger partial charge in [-0.2, -0.15) is 0 Å². The second kappa shape index (κ2) is 6.57. The maximum Gasteiger partial charge on any atom is 0.266 e. The van der Waals surface area contributed by atoms with Crippen LogP contribution in [0.1, 0.15) is 36.8 Å². The maximum atomic E-state index is 13.2. The minimum Gasteiger partial charge on any atom is -0.308 e. The van der Waals surface area contributed by atoms with Crippen molar-refractivity contribution < 1.29 is 0 Å². The average molecular weight is 321 g/mol. The van der Waals surface area contributed by atoms with E-state index in [1.165, 1.54) is 0 Å². The van der Waals surface area contributed by atoms with Crippen LogP contribution in [0.3, 0.4) is 0 Å². The van der Waals surface area contributed by atoms with Crippen molar-refractivity contribution >= 4 is 10.9 Å². The second-order valence-electron chi connectivity index (χ2n) is 6.20. The number of hydrogen-bond donors (Lipinski definition) is 1. The van der Waals surface area contributed by atoms with Gasteiger partial charge >= 0.3 is 0 Å². The molecule has 0 spiro atoms. The van der Waals surface area contributed by atoms with Gasteiger partial charge in [-0.3, -0.25) is 9.36 Å². The third kappa shape index (κ3) is 2.85. The van der Waals surface area contributed by atoms with Crippen LogP contribution in [0.5, 0.6) is 0 Å². The van der Waals surface area contributed by atoms with E-state index in [1.54, 1.807) is 4.57 Å². The summed E-state index contributed by atoms with van der Waals surface area (Å²) < 4.78 is 1.76. The van der Waals surface area contributed by atoms with E-state index in [0.29, 0.717) is 5.39 Å². The summed E-state index contributed by atoms with van der Waals surface area (Å²) in [6.45, 7) is 8.98. The van der Waals surface area contributed by atoms with Crippen LogP contribution in [0, 0.1) is 13.8 Å². The van der Waals surface area contributed by atoms with Gasteiger partial charge in [0.25, 0.3) is 5.56 Å². The molecule has 0 fully saturated rings. The first kappa shape index (κ1) is 16.4. The van der Waals surface area contributed by atoms with E-state index in [0.717, 1.165) is 34.7 Å². The highest BCUT2D eigenvalue weighted by Crippen LogP contribution is 2.21. The predicted octanol–water partition coefficient (Wildman–Crippen LogP) is 3.67. The summed E-state index contributed by atoms with van der Waals surface area (Å²) in [5, 5.41) is 4.02. The number of fused-ring (bicyclic) bond motifs is 1. The van der Waals surface area contributed by atoms with Gasteiger partial charge in [0.1, 0.15) is 5.82 Å². The number of hydrogen-bond acceptors (Lipinski definition) is 3. The highest BCUT2D eigenvalue weighted by atomic mass is 16.1. The van der Waals surface area contributed by atoms with Gasteiger partial charge in [0.15, 0.2) is 0 Å². The number of rotatable bonds is 4. The van der Waals surface area contributed by atoms with Gasteiger partial charge in [-0.25, -0.2) is 4.98 Å². The lowest BCUT2D eigenvalue weighted by Crippen LogP contribution is -2.30. The Morgan fingerprint density at radius 2 is 1.92 bits per heavy atom. The van der Waals surface area contributed by atoms with Crippen molar-refractivity contribution in [3.8, 4) is 5.69 Å². The third-order valence-corrected chi connectivity index (χ3v) is 4.30. The first-order valence-electron chi connectivity index (χ1n) is 8.35. The second-order valence-corrected chi connectivity index (χ2v) is 6.20. The van der Waals surface area contributed by atoms with E-state index >= 15 is 0 Å². The van der Waals surface area contributed by atoms with Crippen molar-refractivity contribution in [1.82, 2.24) is 14.9 Å². The van der Waals surface area contributed by atoms with Crippen LogP contribution in [0.2, 0.25) is 0 Å². The standard InChI is InChI=1S/C20H23N3O/c1-5-21-15(4)19-22-17-9-7-6-8-16(17)20(24)23(19)18-12-13(2)10-11-14(18)3/h6-12,15,21H,5H2,1-4H3. The van der Waals surface area contributed by atoms with Crippen LogP contribution >= 0.6 is 0 Å². The lowest BCUT2D eigenvalue weighted by Gasteiger charge is -2.20. The molecule has 1 N–H and O–H groups in total. The fourth-order valence-electron chi connectivity index (χ4n) is 3.03. The van der Waals surface area contributed by atoms with Crippen molar-refractivity contribution in [1.29, 1.82) is 0 Å². The molecule has 0 saturated heterocycles. The SMILES string of the molecule is CCNC(C)c1nc2ccccc2c(=O)n1-c1cc(C)ccc1C. The van der Waals surface area contributed by atoms with Crippen molar-refractivity contribution in [2.45, 2.75) is 33.7 Å². The molecule has 0 saturated carbocycles. The fraction of sp³-hybridized carbons (Fsp3) is 0.300. The Balaban J connectivity index is 2.39. The molecule has 4 nitrogen and oxygen atoms in total. The Morgan fingerprint density at radius 3 is 2.67 bits per heavy atom. The Kier molecular flexibility index (Phi) is 4.49. The Morgan fingerprint density at radius 1 is 1.17 bits per heavy atom. The topological polar surface area (TPSA) is 46.9 Å². The number of aryl methyl sites for hydroxylation is 2. The number of nitrogens with one attached hydrogen (secondary N) is 1. The number of para-hydroxylation sites is 1. The molecule has 1 heterocycles. The van der Waals surface area contributed by atoms with Crippen LogP contribution in [-0.2, 0) is 0 Å². The zero-order valence-electron chi connectivity index (χ0n) is 14.6. The van der Waals surface area contributed by atoms with Gasteiger partial charge in [0.2, 0.25) is 0 Å². The van der Waals surface area contributed by atoms with E-state index in [9.17, 15) is 4.79 Å². The molecule has 24 heavy (non-hydrogen) atoms. The van der Waals surface area contributed by atoms with Gasteiger partial charge in [-0.05, 0) is 56.6 Å². The van der Waals surface area contributed by atoms with Gasteiger partial charge in [0, 0.05) is 0 Å². The molecular formula is C20H23N3O. The molecule has 124 valence electrons. The first-order chi connectivity index (χ1) is 11.5. The van der Waals surface area contributed by atoms with E-state index < -0.39 is 0 Å². The lowest BCUT2D eigenvalue weighted by atomic mass is 10.1. The summed E-state index contributed by atoms with van der Waals surface area (Å²) in [5.74, 6) is 0.745. The largest absolute Gasteiger partial charge is 0.308 e. The molecule has 0 radical (unpaired) electrons. The van der Waals surface area contributed by atoms with E-state index in [4.69, 9.17) is 4.98 Å². The van der Waals surface area contributed by atoms with Crippen molar-refractivity contribution in [2.24, 2.45) is 0 Å². The number of aromatic nitrogens is 2. The summed E-state index contributed by atoms with van der Waals surface area (Å²) >= 11 is 0. The molecule has 0 aliphatic carbocycles. The Bertz CT molecular complexity index is 943. The third-order valence-electron chi connectivity index (χ3n) is 4.30. The smallest absolute Gasteiger partial charge is 0.266 e. The lowest BCUT2D eigenvalue weighted by molar-refractivity contribution is 0.550. The summed E-state index contributed by atoms with van der Waals surface area (Å²) in [4.78, 5) is 18.0. The summed E-state index contributed by atoms with van der Waals surface area (Å²) in [6, 6.07) is 13.7. The van der Waals surface area contributed by atoms with Gasteiger partial charge in [0.05, 0.1) is 22.6 Å². The van der Waals surface area contributed by atoms with E-state index in [1.807, 2.05) is 51.1 Å². The zero-order valence-corrected chi connectivity index (χ0v) is 14.6. The summed E-state index contributed by atoms with van der Waals surface area (Å²) in [6.07, 6.45) is 0. The summed E-state index contributed by atoms with van der Waals surface area (Å²) in [5.41, 5.74) is 3.80. The molecule has 1 aromatic heterocycles. The zero-order chi connectivity index (χ0) is 17.3. The van der Waals surface area contributed by atoms with E-state index in [-0.39, 0.29) is 11.6 Å². The van der Waals surface area contributed by atoms with Crippen LogP contribution in [0.15, 0.2) is 47.3 Å². The Labute approximate surface area is 142 Å². The Hall–Kier alpha value is -2.46. The molecule has 3 rings (SSSR count). The predicted molar refractivity (Wildman–Crippen MR) is 98.9 cm³/mol. The van der Waals surface area contributed by atoms with Crippen molar-refractivity contribution in [2.75, 3.05) is 6.54 Å². The van der Waals surface area contributed by atoms with Crippen LogP contribution in [-0.4, -0.2) is 16.1 Å². The van der Waals surface area contributed by atoms with E-state index in [2.05, 4.69) is 24.4 Å². The van der Waals surface area contributed by atoms with Gasteiger partial charge < -0.3 is 5.32 Å². The molecule has 2 aromatic carbocycles. The molecule has 0 bridgehead atoms. The fourth-order valence-corrected chi connectivity index (χ4v) is 3.03. The number of nitrogens with zero attached hydrogens (tertiary/aromatic N) is 2. The molecule has 0 amide bonds. The van der Waals surface area contributed by atoms with Crippen LogP contribution in [0.4, 0.5) is 0 Å². The average Bonchev–Trinajstić information content (AvgIpc) is 2.57.